The summed E-state index contributed by atoms with van der Waals surface area (Å²) >= 11 is 1.15. The molecule has 0 N–H and O–H groups in total. The second-order valence-electron chi connectivity index (χ2n) is 4.37. The van der Waals surface area contributed by atoms with Crippen LogP contribution in [0.1, 0.15) is 12.6 Å². The second-order valence-corrected chi connectivity index (χ2v) is 5.60. The quantitative estimate of drug-likeness (QED) is 0.463. The number of terminal acetylenes is 1. The average Bonchev–Trinajstić information content (AvgIpc) is 2.52. The molecule has 3 nitrogen and oxygen atoms in total. The van der Waals surface area contributed by atoms with E-state index in [9.17, 15) is 13.2 Å². The molecular weight excluding hydrogens is 325 g/mol. The summed E-state index contributed by atoms with van der Waals surface area (Å²) in [5, 5.41) is 0.0901. The van der Waals surface area contributed by atoms with Crippen LogP contribution in [0.2, 0.25) is 0 Å². The van der Waals surface area contributed by atoms with Crippen LogP contribution < -0.4 is 4.74 Å². The number of ether oxygens (including phenoxy) is 1. The summed E-state index contributed by atoms with van der Waals surface area (Å²) in [6, 6.07) is 7.53. The Balaban J connectivity index is 2.45. The standard InChI is InChI=1S/C16H13F3N2OS/c1-3-8-22-12-7-5-6-11(9-12)13-10-14(16(17,18)19)21-15(20-13)23-4-2/h1,5-7,9-10H,4,8H2,2H3. The van der Waals surface area contributed by atoms with Crippen LogP contribution in [0.5, 0.6) is 5.75 Å². The fraction of sp³-hybridized carbons (Fsp3) is 0.250. The molecule has 23 heavy (non-hydrogen) atoms. The van der Waals surface area contributed by atoms with Crippen LogP contribution in [0, 0.1) is 12.3 Å². The smallest absolute Gasteiger partial charge is 0.433 e. The van der Waals surface area contributed by atoms with Crippen LogP contribution in [0.25, 0.3) is 11.3 Å². The summed E-state index contributed by atoms with van der Waals surface area (Å²) < 4.78 is 44.3. The minimum atomic E-state index is -4.53. The highest BCUT2D eigenvalue weighted by atomic mass is 32.2. The van der Waals surface area contributed by atoms with E-state index in [0.29, 0.717) is 17.1 Å². The number of rotatable bonds is 5. The maximum Gasteiger partial charge on any atom is 0.433 e. The molecule has 0 saturated heterocycles. The first-order valence-electron chi connectivity index (χ1n) is 6.70. The molecule has 1 aromatic heterocycles. The third-order valence-corrected chi connectivity index (χ3v) is 3.45. The number of halogens is 3. The van der Waals surface area contributed by atoms with Crippen molar-refractivity contribution in [1.29, 1.82) is 0 Å². The lowest BCUT2D eigenvalue weighted by molar-refractivity contribution is -0.141. The Kier molecular flexibility index (Phi) is 5.50. The molecule has 0 aliphatic rings. The zero-order valence-corrected chi connectivity index (χ0v) is 13.0. The van der Waals surface area contributed by atoms with Crippen molar-refractivity contribution in [2.75, 3.05) is 12.4 Å². The lowest BCUT2D eigenvalue weighted by atomic mass is 10.1. The van der Waals surface area contributed by atoms with Crippen LogP contribution in [0.15, 0.2) is 35.5 Å². The number of nitrogens with zero attached hydrogens (tertiary/aromatic N) is 2. The SMILES string of the molecule is C#CCOc1cccc(-c2cc(C(F)(F)F)nc(SCC)n2)c1. The lowest BCUT2D eigenvalue weighted by Gasteiger charge is -2.11. The molecule has 0 aliphatic carbocycles. The van der Waals surface area contributed by atoms with E-state index < -0.39 is 11.9 Å². The molecule has 1 heterocycles. The average molecular weight is 338 g/mol. The van der Waals surface area contributed by atoms with Crippen LogP contribution in [-0.2, 0) is 6.18 Å². The number of benzene rings is 1. The van der Waals surface area contributed by atoms with Gasteiger partial charge in [-0.05, 0) is 24.0 Å². The van der Waals surface area contributed by atoms with E-state index in [1.165, 1.54) is 0 Å². The van der Waals surface area contributed by atoms with Gasteiger partial charge < -0.3 is 4.74 Å². The Hall–Kier alpha value is -2.20. The molecule has 0 amide bonds. The van der Waals surface area contributed by atoms with E-state index in [1.54, 1.807) is 24.3 Å². The van der Waals surface area contributed by atoms with Gasteiger partial charge in [-0.15, -0.1) is 6.42 Å². The molecule has 0 unspecified atom stereocenters. The van der Waals surface area contributed by atoms with Gasteiger partial charge in [0.25, 0.3) is 0 Å². The molecule has 2 aromatic rings. The van der Waals surface area contributed by atoms with Gasteiger partial charge in [0.1, 0.15) is 18.1 Å². The highest BCUT2D eigenvalue weighted by Gasteiger charge is 2.33. The summed E-state index contributed by atoms with van der Waals surface area (Å²) in [6.45, 7) is 1.90. The van der Waals surface area contributed by atoms with Crippen molar-refractivity contribution in [2.24, 2.45) is 0 Å². The van der Waals surface area contributed by atoms with E-state index >= 15 is 0 Å². The van der Waals surface area contributed by atoms with Gasteiger partial charge in [0.05, 0.1) is 5.69 Å². The van der Waals surface area contributed by atoms with Crippen molar-refractivity contribution in [3.8, 4) is 29.4 Å². The van der Waals surface area contributed by atoms with Gasteiger partial charge in [-0.2, -0.15) is 13.2 Å². The molecule has 120 valence electrons. The van der Waals surface area contributed by atoms with Gasteiger partial charge in [0.15, 0.2) is 5.16 Å². The first kappa shape index (κ1) is 17.2. The first-order chi connectivity index (χ1) is 10.9. The molecule has 2 rings (SSSR count). The van der Waals surface area contributed by atoms with Crippen molar-refractivity contribution in [3.63, 3.8) is 0 Å². The maximum atomic E-state index is 13.0. The Morgan fingerprint density at radius 2 is 2.04 bits per heavy atom. The molecule has 7 heteroatoms. The Bertz CT molecular complexity index is 726. The number of alkyl halides is 3. The number of aromatic nitrogens is 2. The topological polar surface area (TPSA) is 35.0 Å². The van der Waals surface area contributed by atoms with Gasteiger partial charge in [-0.1, -0.05) is 36.7 Å². The van der Waals surface area contributed by atoms with E-state index in [1.807, 2.05) is 6.92 Å². The molecule has 0 radical (unpaired) electrons. The van der Waals surface area contributed by atoms with Crippen molar-refractivity contribution < 1.29 is 17.9 Å². The number of hydrogen-bond acceptors (Lipinski definition) is 4. The van der Waals surface area contributed by atoms with E-state index in [4.69, 9.17) is 11.2 Å². The maximum absolute atomic E-state index is 13.0. The summed E-state index contributed by atoms with van der Waals surface area (Å²) in [5.41, 5.74) is -0.270. The molecule has 0 fully saturated rings. The third kappa shape index (κ3) is 4.63. The summed E-state index contributed by atoms with van der Waals surface area (Å²) in [4.78, 5) is 7.75. The van der Waals surface area contributed by atoms with Crippen LogP contribution >= 0.6 is 11.8 Å². The molecule has 0 saturated carbocycles. The second kappa shape index (κ2) is 7.38. The van der Waals surface area contributed by atoms with Crippen molar-refractivity contribution in [1.82, 2.24) is 9.97 Å². The van der Waals surface area contributed by atoms with Crippen molar-refractivity contribution >= 4 is 11.8 Å². The molecule has 0 aliphatic heterocycles. The van der Waals surface area contributed by atoms with Crippen molar-refractivity contribution in [2.45, 2.75) is 18.3 Å². The minimum Gasteiger partial charge on any atom is -0.481 e. The van der Waals surface area contributed by atoms with Crippen molar-refractivity contribution in [3.05, 3.63) is 36.0 Å². The summed E-state index contributed by atoms with van der Waals surface area (Å²) in [6.07, 6.45) is 0.594. The predicted molar refractivity (Wildman–Crippen MR) is 83.2 cm³/mol. The summed E-state index contributed by atoms with van der Waals surface area (Å²) in [5.74, 6) is 3.38. The van der Waals surface area contributed by atoms with Crippen LogP contribution in [-0.4, -0.2) is 22.3 Å². The first-order valence-corrected chi connectivity index (χ1v) is 7.68. The van der Waals surface area contributed by atoms with E-state index in [0.717, 1.165) is 17.8 Å². The molecule has 1 aromatic carbocycles. The highest BCUT2D eigenvalue weighted by Crippen LogP contribution is 2.32. The lowest BCUT2D eigenvalue weighted by Crippen LogP contribution is -2.10. The highest BCUT2D eigenvalue weighted by molar-refractivity contribution is 7.99. The fourth-order valence-electron chi connectivity index (χ4n) is 1.78. The third-order valence-electron chi connectivity index (χ3n) is 2.72. The fourth-order valence-corrected chi connectivity index (χ4v) is 2.37. The Labute approximate surface area is 136 Å². The normalized spacial score (nSPS) is 11.1. The molecular formula is C16H13F3N2OS. The minimum absolute atomic E-state index is 0.0813. The number of hydrogen-bond donors (Lipinski definition) is 0. The zero-order chi connectivity index (χ0) is 16.9. The van der Waals surface area contributed by atoms with Gasteiger partial charge in [0, 0.05) is 5.56 Å². The van der Waals surface area contributed by atoms with Crippen LogP contribution in [0.3, 0.4) is 0 Å². The van der Waals surface area contributed by atoms with Gasteiger partial charge in [-0.25, -0.2) is 9.97 Å². The monoisotopic (exact) mass is 338 g/mol. The van der Waals surface area contributed by atoms with E-state index in [2.05, 4.69) is 15.9 Å². The van der Waals surface area contributed by atoms with Gasteiger partial charge in [-0.3, -0.25) is 0 Å². The van der Waals surface area contributed by atoms with Gasteiger partial charge in [0.2, 0.25) is 0 Å². The predicted octanol–water partition coefficient (Wildman–Crippen LogP) is 4.29. The number of thioether (sulfide) groups is 1. The summed E-state index contributed by atoms with van der Waals surface area (Å²) in [7, 11) is 0. The van der Waals surface area contributed by atoms with Crippen LogP contribution in [0.4, 0.5) is 13.2 Å². The van der Waals surface area contributed by atoms with Gasteiger partial charge >= 0.3 is 6.18 Å². The van der Waals surface area contributed by atoms with E-state index in [-0.39, 0.29) is 17.5 Å². The largest absolute Gasteiger partial charge is 0.481 e. The molecule has 0 bridgehead atoms. The Morgan fingerprint density at radius 1 is 1.26 bits per heavy atom. The molecule has 0 spiro atoms. The Morgan fingerprint density at radius 3 is 2.70 bits per heavy atom. The molecule has 0 atom stereocenters. The zero-order valence-electron chi connectivity index (χ0n) is 12.2.